The van der Waals surface area contributed by atoms with Gasteiger partial charge in [-0.2, -0.15) is 0 Å². The molecule has 1 fully saturated rings. The minimum Gasteiger partial charge on any atom is -0.357 e. The summed E-state index contributed by atoms with van der Waals surface area (Å²) in [6.45, 7) is 7.36. The van der Waals surface area contributed by atoms with Crippen LogP contribution >= 0.6 is 24.0 Å². The van der Waals surface area contributed by atoms with Gasteiger partial charge in [-0.1, -0.05) is 31.0 Å². The molecule has 2 rings (SSSR count). The summed E-state index contributed by atoms with van der Waals surface area (Å²) in [4.78, 5) is 18.9. The predicted molar refractivity (Wildman–Crippen MR) is 124 cm³/mol. The van der Waals surface area contributed by atoms with E-state index in [1.165, 1.54) is 38.8 Å². The number of halogens is 1. The van der Waals surface area contributed by atoms with Gasteiger partial charge in [0.2, 0.25) is 5.91 Å². The van der Waals surface area contributed by atoms with Gasteiger partial charge in [0.1, 0.15) is 6.54 Å². The third-order valence-electron chi connectivity index (χ3n) is 4.42. The van der Waals surface area contributed by atoms with E-state index in [0.29, 0.717) is 5.96 Å². The highest BCUT2D eigenvalue weighted by atomic mass is 127. The highest BCUT2D eigenvalue weighted by Crippen LogP contribution is 2.09. The van der Waals surface area contributed by atoms with Crippen LogP contribution in [0.15, 0.2) is 35.3 Å². The standard InChI is InChI=1S/C20H33N5O.HI/c1-2-21-20(22-13-10-16-25-14-8-3-4-9-15-25)23-17-19(26)24-18-11-6-5-7-12-18;/h5-7,11-12H,2-4,8-10,13-17H2,1H3,(H,24,26)(H2,21,22,23);1H. The molecule has 1 aliphatic rings. The lowest BCUT2D eigenvalue weighted by Gasteiger charge is -2.20. The molecular formula is C20H34IN5O. The molecule has 152 valence electrons. The van der Waals surface area contributed by atoms with Crippen LogP contribution in [-0.4, -0.2) is 56.0 Å². The predicted octanol–water partition coefficient (Wildman–Crippen LogP) is 3.06. The summed E-state index contributed by atoms with van der Waals surface area (Å²) < 4.78 is 0. The van der Waals surface area contributed by atoms with E-state index in [-0.39, 0.29) is 36.4 Å². The maximum absolute atomic E-state index is 12.0. The van der Waals surface area contributed by atoms with E-state index in [9.17, 15) is 4.79 Å². The number of hydrogen-bond donors (Lipinski definition) is 3. The Kier molecular flexibility index (Phi) is 12.9. The highest BCUT2D eigenvalue weighted by molar-refractivity contribution is 14.0. The van der Waals surface area contributed by atoms with Crippen molar-refractivity contribution in [2.45, 2.75) is 39.0 Å². The number of nitrogens with zero attached hydrogens (tertiary/aromatic N) is 2. The molecule has 0 radical (unpaired) electrons. The van der Waals surface area contributed by atoms with Gasteiger partial charge in [0, 0.05) is 18.8 Å². The van der Waals surface area contributed by atoms with E-state index in [1.54, 1.807) is 0 Å². The van der Waals surface area contributed by atoms with E-state index in [0.717, 1.165) is 31.7 Å². The Morgan fingerprint density at radius 3 is 2.44 bits per heavy atom. The molecule has 6 nitrogen and oxygen atoms in total. The van der Waals surface area contributed by atoms with E-state index in [4.69, 9.17) is 0 Å². The van der Waals surface area contributed by atoms with Crippen LogP contribution in [0.25, 0.3) is 0 Å². The summed E-state index contributed by atoms with van der Waals surface area (Å²) in [6.07, 6.45) is 6.48. The van der Waals surface area contributed by atoms with Crippen molar-refractivity contribution >= 4 is 41.5 Å². The maximum Gasteiger partial charge on any atom is 0.246 e. The fourth-order valence-corrected chi connectivity index (χ4v) is 3.08. The normalized spacial score (nSPS) is 15.4. The van der Waals surface area contributed by atoms with Crippen molar-refractivity contribution in [3.8, 4) is 0 Å². The first-order chi connectivity index (χ1) is 12.8. The molecule has 1 aliphatic heterocycles. The first kappa shape index (κ1) is 23.7. The molecule has 0 aromatic heterocycles. The third-order valence-corrected chi connectivity index (χ3v) is 4.42. The SMILES string of the molecule is CCNC(=NCC(=O)Nc1ccccc1)NCCCN1CCCCCC1.I. The largest absolute Gasteiger partial charge is 0.357 e. The van der Waals surface area contributed by atoms with E-state index < -0.39 is 0 Å². The van der Waals surface area contributed by atoms with Crippen LogP contribution < -0.4 is 16.0 Å². The van der Waals surface area contributed by atoms with Crippen LogP contribution in [0.3, 0.4) is 0 Å². The second kappa shape index (κ2) is 14.7. The molecule has 0 atom stereocenters. The first-order valence-electron chi connectivity index (χ1n) is 9.87. The molecule has 3 N–H and O–H groups in total. The topological polar surface area (TPSA) is 68.8 Å². The molecule has 0 aliphatic carbocycles. The minimum atomic E-state index is -0.113. The molecule has 1 amide bonds. The lowest BCUT2D eigenvalue weighted by atomic mass is 10.2. The van der Waals surface area contributed by atoms with Crippen molar-refractivity contribution in [1.29, 1.82) is 0 Å². The van der Waals surface area contributed by atoms with Gasteiger partial charge in [-0.25, -0.2) is 4.99 Å². The van der Waals surface area contributed by atoms with Crippen molar-refractivity contribution in [2.75, 3.05) is 44.6 Å². The van der Waals surface area contributed by atoms with Crippen molar-refractivity contribution in [1.82, 2.24) is 15.5 Å². The number of amides is 1. The van der Waals surface area contributed by atoms with Gasteiger partial charge >= 0.3 is 0 Å². The Morgan fingerprint density at radius 1 is 1.07 bits per heavy atom. The minimum absolute atomic E-state index is 0. The summed E-state index contributed by atoms with van der Waals surface area (Å²) in [5, 5.41) is 9.37. The van der Waals surface area contributed by atoms with Crippen LogP contribution in [0.2, 0.25) is 0 Å². The molecule has 1 heterocycles. The smallest absolute Gasteiger partial charge is 0.246 e. The van der Waals surface area contributed by atoms with Crippen LogP contribution in [-0.2, 0) is 4.79 Å². The van der Waals surface area contributed by atoms with Crippen LogP contribution in [0, 0.1) is 0 Å². The molecule has 1 aromatic carbocycles. The molecule has 27 heavy (non-hydrogen) atoms. The molecule has 1 aromatic rings. The molecule has 0 spiro atoms. The average molecular weight is 487 g/mol. The molecule has 0 bridgehead atoms. The van der Waals surface area contributed by atoms with Crippen molar-refractivity contribution in [3.63, 3.8) is 0 Å². The number of aliphatic imine (C=N–C) groups is 1. The molecule has 0 saturated carbocycles. The lowest BCUT2D eigenvalue weighted by Crippen LogP contribution is -2.39. The van der Waals surface area contributed by atoms with Crippen molar-refractivity contribution in [3.05, 3.63) is 30.3 Å². The molecule has 1 saturated heterocycles. The van der Waals surface area contributed by atoms with E-state index in [1.807, 2.05) is 37.3 Å². The Morgan fingerprint density at radius 2 is 1.78 bits per heavy atom. The van der Waals surface area contributed by atoms with Crippen LogP contribution in [0.1, 0.15) is 39.0 Å². The number of carbonyl (C=O) groups is 1. The van der Waals surface area contributed by atoms with Crippen molar-refractivity contribution in [2.24, 2.45) is 4.99 Å². The summed E-state index contributed by atoms with van der Waals surface area (Å²) in [6, 6.07) is 9.46. The molecular weight excluding hydrogens is 453 g/mol. The number of carbonyl (C=O) groups excluding carboxylic acids is 1. The number of para-hydroxylation sites is 1. The number of hydrogen-bond acceptors (Lipinski definition) is 3. The van der Waals surface area contributed by atoms with E-state index in [2.05, 4.69) is 25.8 Å². The Balaban J connectivity index is 0.00000364. The Bertz CT molecular complexity index is 545. The van der Waals surface area contributed by atoms with Gasteiger partial charge in [0.05, 0.1) is 0 Å². The summed E-state index contributed by atoms with van der Waals surface area (Å²) in [5.41, 5.74) is 0.795. The summed E-state index contributed by atoms with van der Waals surface area (Å²) in [5.74, 6) is 0.588. The zero-order valence-corrected chi connectivity index (χ0v) is 18.7. The second-order valence-electron chi connectivity index (χ2n) is 6.65. The van der Waals surface area contributed by atoms with E-state index >= 15 is 0 Å². The van der Waals surface area contributed by atoms with Gasteiger partial charge < -0.3 is 20.9 Å². The number of nitrogens with one attached hydrogen (secondary N) is 3. The van der Waals surface area contributed by atoms with Crippen molar-refractivity contribution < 1.29 is 4.79 Å². The molecule has 0 unspecified atom stereocenters. The number of guanidine groups is 1. The fraction of sp³-hybridized carbons (Fsp3) is 0.600. The second-order valence-corrected chi connectivity index (χ2v) is 6.65. The Labute approximate surface area is 180 Å². The average Bonchev–Trinajstić information content (AvgIpc) is 2.93. The zero-order valence-electron chi connectivity index (χ0n) is 16.4. The van der Waals surface area contributed by atoms with Crippen LogP contribution in [0.4, 0.5) is 5.69 Å². The van der Waals surface area contributed by atoms with Gasteiger partial charge in [-0.3, -0.25) is 4.79 Å². The van der Waals surface area contributed by atoms with Gasteiger partial charge in [-0.05, 0) is 58.0 Å². The first-order valence-corrected chi connectivity index (χ1v) is 9.87. The monoisotopic (exact) mass is 487 g/mol. The molecule has 7 heteroatoms. The van der Waals surface area contributed by atoms with Gasteiger partial charge in [0.15, 0.2) is 5.96 Å². The third kappa shape index (κ3) is 10.5. The highest BCUT2D eigenvalue weighted by Gasteiger charge is 2.08. The number of anilines is 1. The number of benzene rings is 1. The summed E-state index contributed by atoms with van der Waals surface area (Å²) in [7, 11) is 0. The number of rotatable bonds is 8. The zero-order chi connectivity index (χ0) is 18.5. The van der Waals surface area contributed by atoms with Gasteiger partial charge in [0.25, 0.3) is 0 Å². The van der Waals surface area contributed by atoms with Crippen LogP contribution in [0.5, 0.6) is 0 Å². The maximum atomic E-state index is 12.0. The lowest BCUT2D eigenvalue weighted by molar-refractivity contribution is -0.114. The quantitative estimate of drug-likeness (QED) is 0.228. The fourth-order valence-electron chi connectivity index (χ4n) is 3.08. The number of likely N-dealkylation sites (tertiary alicyclic amines) is 1. The van der Waals surface area contributed by atoms with Gasteiger partial charge in [-0.15, -0.1) is 24.0 Å². The Hall–Kier alpha value is -1.35. The summed E-state index contributed by atoms with van der Waals surface area (Å²) >= 11 is 0.